The number of aliphatic hydroxyl groups is 2. The highest BCUT2D eigenvalue weighted by Crippen LogP contribution is 2.24. The first-order chi connectivity index (χ1) is 8.20. The molecule has 0 radical (unpaired) electrons. The van der Waals surface area contributed by atoms with E-state index in [-0.39, 0.29) is 0 Å². The average molecular weight is 250 g/mol. The molecule has 0 amide bonds. The van der Waals surface area contributed by atoms with Crippen molar-refractivity contribution >= 4 is 0 Å². The van der Waals surface area contributed by atoms with Crippen LogP contribution in [0.3, 0.4) is 0 Å². The van der Waals surface area contributed by atoms with Gasteiger partial charge in [-0.1, -0.05) is 24.3 Å². The summed E-state index contributed by atoms with van der Waals surface area (Å²) in [6.07, 6.45) is 2.86. The zero-order valence-corrected chi connectivity index (χ0v) is 12.0. The fourth-order valence-corrected chi connectivity index (χ4v) is 1.99. The molecule has 0 spiro atoms. The molecular formula is C16H26O2. The lowest BCUT2D eigenvalue weighted by Crippen LogP contribution is -2.29. The molecule has 1 aromatic carbocycles. The van der Waals surface area contributed by atoms with Crippen LogP contribution in [0.4, 0.5) is 0 Å². The van der Waals surface area contributed by atoms with Gasteiger partial charge in [-0.15, -0.1) is 0 Å². The largest absolute Gasteiger partial charge is 0.390 e. The Kier molecular flexibility index (Phi) is 4.94. The van der Waals surface area contributed by atoms with Crippen LogP contribution in [0, 0.1) is 6.92 Å². The van der Waals surface area contributed by atoms with Gasteiger partial charge in [-0.3, -0.25) is 0 Å². The van der Waals surface area contributed by atoms with Crippen LogP contribution in [-0.4, -0.2) is 21.4 Å². The molecule has 2 nitrogen and oxygen atoms in total. The molecule has 0 saturated carbocycles. The standard InChI is InChI=1S/C16H26O2/c1-13-7-5-6-8-14(13)9-10-16(4,18)12-11-15(2,3)17/h5-8,17-18H,9-12H2,1-4H3. The second-order valence-corrected chi connectivity index (χ2v) is 6.24. The molecule has 0 bridgehead atoms. The molecule has 2 heteroatoms. The van der Waals surface area contributed by atoms with Gasteiger partial charge in [0.2, 0.25) is 0 Å². The van der Waals surface area contributed by atoms with Crippen LogP contribution in [0.1, 0.15) is 51.2 Å². The third kappa shape index (κ3) is 5.65. The van der Waals surface area contributed by atoms with E-state index in [0.29, 0.717) is 12.8 Å². The van der Waals surface area contributed by atoms with Crippen LogP contribution in [0.25, 0.3) is 0 Å². The summed E-state index contributed by atoms with van der Waals surface area (Å²) in [7, 11) is 0. The Morgan fingerprint density at radius 1 is 0.944 bits per heavy atom. The van der Waals surface area contributed by atoms with E-state index >= 15 is 0 Å². The van der Waals surface area contributed by atoms with E-state index in [1.807, 2.05) is 19.1 Å². The van der Waals surface area contributed by atoms with Crippen molar-refractivity contribution in [3.8, 4) is 0 Å². The Hall–Kier alpha value is -0.860. The highest BCUT2D eigenvalue weighted by Gasteiger charge is 2.24. The zero-order valence-electron chi connectivity index (χ0n) is 12.0. The van der Waals surface area contributed by atoms with Crippen molar-refractivity contribution in [2.24, 2.45) is 0 Å². The predicted molar refractivity (Wildman–Crippen MR) is 75.7 cm³/mol. The highest BCUT2D eigenvalue weighted by atomic mass is 16.3. The predicted octanol–water partition coefficient (Wildman–Crippen LogP) is 3.23. The SMILES string of the molecule is Cc1ccccc1CCC(C)(O)CCC(C)(C)O. The summed E-state index contributed by atoms with van der Waals surface area (Å²) in [4.78, 5) is 0. The van der Waals surface area contributed by atoms with E-state index in [4.69, 9.17) is 0 Å². The number of aryl methyl sites for hydroxylation is 2. The maximum absolute atomic E-state index is 10.3. The third-order valence-corrected chi connectivity index (χ3v) is 3.47. The molecular weight excluding hydrogens is 224 g/mol. The molecule has 0 aliphatic heterocycles. The molecule has 0 aliphatic rings. The van der Waals surface area contributed by atoms with Crippen LogP contribution >= 0.6 is 0 Å². The van der Waals surface area contributed by atoms with Crippen LogP contribution < -0.4 is 0 Å². The lowest BCUT2D eigenvalue weighted by Gasteiger charge is -2.27. The van der Waals surface area contributed by atoms with Gasteiger partial charge in [-0.05, 0) is 64.5 Å². The minimum atomic E-state index is -0.706. The van der Waals surface area contributed by atoms with Crippen LogP contribution in [-0.2, 0) is 6.42 Å². The third-order valence-electron chi connectivity index (χ3n) is 3.47. The topological polar surface area (TPSA) is 40.5 Å². The van der Waals surface area contributed by atoms with Crippen molar-refractivity contribution in [2.45, 2.75) is 64.6 Å². The van der Waals surface area contributed by atoms with Gasteiger partial charge in [0.25, 0.3) is 0 Å². The average Bonchev–Trinajstić information content (AvgIpc) is 2.25. The molecule has 1 rings (SSSR count). The fourth-order valence-electron chi connectivity index (χ4n) is 1.99. The molecule has 102 valence electrons. The van der Waals surface area contributed by atoms with Gasteiger partial charge in [0.15, 0.2) is 0 Å². The molecule has 1 aromatic rings. The Bertz CT molecular complexity index is 375. The molecule has 0 saturated heterocycles. The second kappa shape index (κ2) is 5.85. The van der Waals surface area contributed by atoms with E-state index in [2.05, 4.69) is 19.1 Å². The lowest BCUT2D eigenvalue weighted by atomic mass is 9.87. The summed E-state index contributed by atoms with van der Waals surface area (Å²) in [5.74, 6) is 0. The van der Waals surface area contributed by atoms with Crippen LogP contribution in [0.5, 0.6) is 0 Å². The molecule has 0 aromatic heterocycles. The lowest BCUT2D eigenvalue weighted by molar-refractivity contribution is 0.00147. The van der Waals surface area contributed by atoms with Crippen molar-refractivity contribution in [1.82, 2.24) is 0 Å². The van der Waals surface area contributed by atoms with Crippen LogP contribution in [0.2, 0.25) is 0 Å². The summed E-state index contributed by atoms with van der Waals surface area (Å²) < 4.78 is 0. The normalized spacial score (nSPS) is 15.4. The van der Waals surface area contributed by atoms with Crippen molar-refractivity contribution in [3.63, 3.8) is 0 Å². The Morgan fingerprint density at radius 3 is 2.11 bits per heavy atom. The quantitative estimate of drug-likeness (QED) is 0.813. The fraction of sp³-hybridized carbons (Fsp3) is 0.625. The molecule has 0 heterocycles. The van der Waals surface area contributed by atoms with Gasteiger partial charge in [0.1, 0.15) is 0 Å². The Labute approximate surface area is 111 Å². The smallest absolute Gasteiger partial charge is 0.0624 e. The van der Waals surface area contributed by atoms with Gasteiger partial charge in [-0.25, -0.2) is 0 Å². The van der Waals surface area contributed by atoms with Crippen molar-refractivity contribution in [1.29, 1.82) is 0 Å². The van der Waals surface area contributed by atoms with E-state index in [1.165, 1.54) is 11.1 Å². The summed E-state index contributed by atoms with van der Waals surface area (Å²) >= 11 is 0. The Morgan fingerprint density at radius 2 is 1.56 bits per heavy atom. The minimum Gasteiger partial charge on any atom is -0.390 e. The Balaban J connectivity index is 2.49. The summed E-state index contributed by atoms with van der Waals surface area (Å²) in [5, 5.41) is 20.0. The van der Waals surface area contributed by atoms with Gasteiger partial charge < -0.3 is 10.2 Å². The molecule has 18 heavy (non-hydrogen) atoms. The van der Waals surface area contributed by atoms with Gasteiger partial charge in [0.05, 0.1) is 11.2 Å². The number of hydrogen-bond acceptors (Lipinski definition) is 2. The number of benzene rings is 1. The van der Waals surface area contributed by atoms with Gasteiger partial charge in [0, 0.05) is 0 Å². The number of hydrogen-bond donors (Lipinski definition) is 2. The molecule has 1 unspecified atom stereocenters. The van der Waals surface area contributed by atoms with Gasteiger partial charge >= 0.3 is 0 Å². The maximum Gasteiger partial charge on any atom is 0.0624 e. The molecule has 0 fully saturated rings. The summed E-state index contributed by atoms with van der Waals surface area (Å²) in [5.41, 5.74) is 1.16. The first-order valence-corrected chi connectivity index (χ1v) is 6.69. The molecule has 0 aliphatic carbocycles. The van der Waals surface area contributed by atoms with E-state index in [1.54, 1.807) is 13.8 Å². The van der Waals surface area contributed by atoms with Gasteiger partial charge in [-0.2, -0.15) is 0 Å². The van der Waals surface area contributed by atoms with E-state index in [0.717, 1.165) is 12.8 Å². The first kappa shape index (κ1) is 15.2. The minimum absolute atomic E-state index is 0.619. The van der Waals surface area contributed by atoms with E-state index in [9.17, 15) is 10.2 Å². The first-order valence-electron chi connectivity index (χ1n) is 6.69. The summed E-state index contributed by atoms with van der Waals surface area (Å²) in [6, 6.07) is 8.28. The summed E-state index contributed by atoms with van der Waals surface area (Å²) in [6.45, 7) is 7.52. The number of rotatable bonds is 6. The monoisotopic (exact) mass is 250 g/mol. The maximum atomic E-state index is 10.3. The molecule has 2 N–H and O–H groups in total. The van der Waals surface area contributed by atoms with Crippen molar-refractivity contribution in [2.75, 3.05) is 0 Å². The second-order valence-electron chi connectivity index (χ2n) is 6.24. The van der Waals surface area contributed by atoms with E-state index < -0.39 is 11.2 Å². The van der Waals surface area contributed by atoms with Crippen molar-refractivity contribution in [3.05, 3.63) is 35.4 Å². The van der Waals surface area contributed by atoms with Crippen LogP contribution in [0.15, 0.2) is 24.3 Å². The molecule has 1 atom stereocenters. The highest BCUT2D eigenvalue weighted by molar-refractivity contribution is 5.25. The zero-order chi connectivity index (χ0) is 13.8. The van der Waals surface area contributed by atoms with Crippen molar-refractivity contribution < 1.29 is 10.2 Å².